The molecule has 3 rings (SSSR count). The second kappa shape index (κ2) is 5.36. The molecule has 0 N–H and O–H groups in total. The van der Waals surface area contributed by atoms with Crippen molar-refractivity contribution in [1.82, 2.24) is 9.97 Å². The molecule has 1 atom stereocenters. The highest BCUT2D eigenvalue weighted by molar-refractivity contribution is 5.85. The number of nitrogens with zero attached hydrogens (tertiary/aromatic N) is 3. The van der Waals surface area contributed by atoms with Crippen molar-refractivity contribution in [2.75, 3.05) is 11.4 Å². The molecular weight excluding hydrogens is 246 g/mol. The number of hydrogen-bond acceptors (Lipinski definition) is 3. The fourth-order valence-corrected chi connectivity index (χ4v) is 2.48. The zero-order valence-corrected chi connectivity index (χ0v) is 11.1. The van der Waals surface area contributed by atoms with Gasteiger partial charge >= 0.3 is 0 Å². The zero-order valence-electron chi connectivity index (χ0n) is 10.3. The molecule has 1 aromatic carbocycles. The molecule has 0 spiro atoms. The van der Waals surface area contributed by atoms with Crippen molar-refractivity contribution in [3.05, 3.63) is 53.9 Å². The normalized spacial score (nSPS) is 17.8. The van der Waals surface area contributed by atoms with Gasteiger partial charge in [0.15, 0.2) is 0 Å². The molecule has 1 aromatic heterocycles. The van der Waals surface area contributed by atoms with E-state index < -0.39 is 0 Å². The molecule has 4 heteroatoms. The highest BCUT2D eigenvalue weighted by Gasteiger charge is 2.24. The van der Waals surface area contributed by atoms with Crippen molar-refractivity contribution in [1.29, 1.82) is 0 Å². The van der Waals surface area contributed by atoms with E-state index in [0.29, 0.717) is 6.04 Å². The summed E-state index contributed by atoms with van der Waals surface area (Å²) in [5, 5.41) is 0. The molecule has 0 fully saturated rings. The van der Waals surface area contributed by atoms with Crippen molar-refractivity contribution >= 4 is 18.4 Å². The van der Waals surface area contributed by atoms with Crippen LogP contribution in [0.4, 0.5) is 5.95 Å². The maximum atomic E-state index is 4.34. The van der Waals surface area contributed by atoms with E-state index in [2.05, 4.69) is 46.1 Å². The van der Waals surface area contributed by atoms with Gasteiger partial charge in [-0.15, -0.1) is 12.4 Å². The second-order valence-electron chi connectivity index (χ2n) is 4.37. The van der Waals surface area contributed by atoms with Crippen molar-refractivity contribution in [3.63, 3.8) is 0 Å². The third kappa shape index (κ3) is 2.18. The summed E-state index contributed by atoms with van der Waals surface area (Å²) >= 11 is 0. The predicted octanol–water partition coefficient (Wildman–Crippen LogP) is 3.02. The van der Waals surface area contributed by atoms with E-state index in [1.165, 1.54) is 11.1 Å². The Morgan fingerprint density at radius 2 is 1.83 bits per heavy atom. The van der Waals surface area contributed by atoms with Crippen LogP contribution >= 0.6 is 12.4 Å². The van der Waals surface area contributed by atoms with Gasteiger partial charge in [-0.3, -0.25) is 0 Å². The van der Waals surface area contributed by atoms with Crippen LogP contribution in [0, 0.1) is 0 Å². The lowest BCUT2D eigenvalue weighted by atomic mass is 9.94. The summed E-state index contributed by atoms with van der Waals surface area (Å²) in [6.07, 6.45) is 4.67. The third-order valence-corrected chi connectivity index (χ3v) is 3.40. The maximum absolute atomic E-state index is 4.34. The van der Waals surface area contributed by atoms with E-state index in [1.54, 1.807) is 12.4 Å². The van der Waals surface area contributed by atoms with E-state index in [-0.39, 0.29) is 12.4 Å². The van der Waals surface area contributed by atoms with E-state index in [0.717, 1.165) is 18.9 Å². The van der Waals surface area contributed by atoms with Crippen LogP contribution in [-0.4, -0.2) is 16.5 Å². The molecule has 1 unspecified atom stereocenters. The first-order valence-electron chi connectivity index (χ1n) is 5.98. The minimum atomic E-state index is 0. The standard InChI is InChI=1S/C14H15N3.ClH/c1-11-13-6-3-2-5-12(13)7-10-17(11)14-15-8-4-9-16-14;/h2-6,8-9,11H,7,10H2,1H3;1H. The van der Waals surface area contributed by atoms with Crippen LogP contribution in [0.1, 0.15) is 24.1 Å². The largest absolute Gasteiger partial charge is 0.334 e. The summed E-state index contributed by atoms with van der Waals surface area (Å²) in [5.41, 5.74) is 2.85. The van der Waals surface area contributed by atoms with Gasteiger partial charge in [0.2, 0.25) is 5.95 Å². The summed E-state index contributed by atoms with van der Waals surface area (Å²) in [7, 11) is 0. The van der Waals surface area contributed by atoms with Crippen LogP contribution in [0.5, 0.6) is 0 Å². The topological polar surface area (TPSA) is 29.0 Å². The molecule has 18 heavy (non-hydrogen) atoms. The van der Waals surface area contributed by atoms with Gasteiger partial charge in [-0.05, 0) is 30.5 Å². The average Bonchev–Trinajstić information content (AvgIpc) is 2.40. The number of benzene rings is 1. The Hall–Kier alpha value is -1.61. The van der Waals surface area contributed by atoms with Crippen molar-refractivity contribution < 1.29 is 0 Å². The van der Waals surface area contributed by atoms with Crippen LogP contribution in [-0.2, 0) is 6.42 Å². The molecule has 1 aliphatic rings. The first-order chi connectivity index (χ1) is 8.36. The van der Waals surface area contributed by atoms with E-state index in [9.17, 15) is 0 Å². The summed E-state index contributed by atoms with van der Waals surface area (Å²) in [5.74, 6) is 0.828. The lowest BCUT2D eigenvalue weighted by Crippen LogP contribution is -2.35. The molecule has 1 aliphatic heterocycles. The summed E-state index contributed by atoms with van der Waals surface area (Å²) in [6, 6.07) is 10.8. The average molecular weight is 262 g/mol. The summed E-state index contributed by atoms with van der Waals surface area (Å²) < 4.78 is 0. The Balaban J connectivity index is 0.00000120. The summed E-state index contributed by atoms with van der Waals surface area (Å²) in [4.78, 5) is 10.9. The van der Waals surface area contributed by atoms with Gasteiger partial charge in [-0.1, -0.05) is 24.3 Å². The molecule has 3 nitrogen and oxygen atoms in total. The van der Waals surface area contributed by atoms with Gasteiger partial charge < -0.3 is 4.90 Å². The predicted molar refractivity (Wildman–Crippen MR) is 75.2 cm³/mol. The molecule has 0 saturated carbocycles. The van der Waals surface area contributed by atoms with Crippen LogP contribution in [0.15, 0.2) is 42.7 Å². The molecule has 0 bridgehead atoms. The lowest BCUT2D eigenvalue weighted by molar-refractivity contribution is 0.608. The molecule has 0 saturated heterocycles. The number of halogens is 1. The quantitative estimate of drug-likeness (QED) is 0.790. The molecule has 94 valence electrons. The van der Waals surface area contributed by atoms with E-state index in [1.807, 2.05) is 6.07 Å². The monoisotopic (exact) mass is 261 g/mol. The fraction of sp³-hybridized carbons (Fsp3) is 0.286. The van der Waals surface area contributed by atoms with E-state index >= 15 is 0 Å². The molecule has 0 amide bonds. The van der Waals surface area contributed by atoms with Gasteiger partial charge in [0.25, 0.3) is 0 Å². The smallest absolute Gasteiger partial charge is 0.225 e. The Morgan fingerprint density at radius 3 is 2.61 bits per heavy atom. The number of anilines is 1. The highest BCUT2D eigenvalue weighted by atomic mass is 35.5. The molecule has 2 aromatic rings. The van der Waals surface area contributed by atoms with Crippen molar-refractivity contribution in [2.45, 2.75) is 19.4 Å². The van der Waals surface area contributed by atoms with Crippen molar-refractivity contribution in [3.8, 4) is 0 Å². The number of hydrogen-bond donors (Lipinski definition) is 0. The summed E-state index contributed by atoms with van der Waals surface area (Å²) in [6.45, 7) is 3.20. The van der Waals surface area contributed by atoms with Gasteiger partial charge in [-0.2, -0.15) is 0 Å². The Bertz CT molecular complexity index is 515. The fourth-order valence-electron chi connectivity index (χ4n) is 2.48. The first-order valence-corrected chi connectivity index (χ1v) is 5.98. The highest BCUT2D eigenvalue weighted by Crippen LogP contribution is 2.30. The molecule has 0 aliphatic carbocycles. The Labute approximate surface area is 113 Å². The van der Waals surface area contributed by atoms with E-state index in [4.69, 9.17) is 0 Å². The van der Waals surface area contributed by atoms with Gasteiger partial charge in [0.05, 0.1) is 6.04 Å². The molecule has 2 heterocycles. The minimum Gasteiger partial charge on any atom is -0.334 e. The van der Waals surface area contributed by atoms with Gasteiger partial charge in [-0.25, -0.2) is 9.97 Å². The molecule has 0 radical (unpaired) electrons. The number of fused-ring (bicyclic) bond motifs is 1. The van der Waals surface area contributed by atoms with Crippen LogP contribution in [0.2, 0.25) is 0 Å². The Morgan fingerprint density at radius 1 is 1.11 bits per heavy atom. The van der Waals surface area contributed by atoms with Crippen LogP contribution < -0.4 is 4.90 Å². The number of rotatable bonds is 1. The zero-order chi connectivity index (χ0) is 11.7. The lowest BCUT2D eigenvalue weighted by Gasteiger charge is -2.35. The first kappa shape index (κ1) is 12.8. The third-order valence-electron chi connectivity index (χ3n) is 3.40. The van der Waals surface area contributed by atoms with Crippen LogP contribution in [0.25, 0.3) is 0 Å². The van der Waals surface area contributed by atoms with Gasteiger partial charge in [0, 0.05) is 18.9 Å². The molecular formula is C14H16ClN3. The Kier molecular flexibility index (Phi) is 3.82. The van der Waals surface area contributed by atoms with Gasteiger partial charge in [0.1, 0.15) is 0 Å². The van der Waals surface area contributed by atoms with Crippen molar-refractivity contribution in [2.24, 2.45) is 0 Å². The SMILES string of the molecule is CC1c2ccccc2CCN1c1ncccn1.Cl. The second-order valence-corrected chi connectivity index (χ2v) is 4.37. The maximum Gasteiger partial charge on any atom is 0.225 e. The minimum absolute atomic E-state index is 0. The number of aromatic nitrogens is 2. The van der Waals surface area contributed by atoms with Crippen LogP contribution in [0.3, 0.4) is 0 Å².